The largest absolute Gasteiger partial charge is 0.361 e. The van der Waals surface area contributed by atoms with Gasteiger partial charge in [0.15, 0.2) is 0 Å². The number of fused-ring (bicyclic) bond motifs is 1. The predicted molar refractivity (Wildman–Crippen MR) is 80.5 cm³/mol. The summed E-state index contributed by atoms with van der Waals surface area (Å²) in [6, 6.07) is 7.45. The molecule has 3 rings (SSSR count). The second kappa shape index (κ2) is 5.09. The number of amides is 2. The summed E-state index contributed by atoms with van der Waals surface area (Å²) in [7, 11) is 1.67. The van der Waals surface area contributed by atoms with Crippen LogP contribution in [0.3, 0.4) is 0 Å². The second-order valence-corrected chi connectivity index (χ2v) is 5.19. The molecule has 2 amide bonds. The van der Waals surface area contributed by atoms with Gasteiger partial charge in [-0.15, -0.1) is 0 Å². The molecule has 21 heavy (non-hydrogen) atoms. The number of carbonyl (C=O) groups is 2. The topological polar surface area (TPSA) is 65.2 Å². The molecule has 5 heteroatoms. The molecule has 108 valence electrons. The number of aromatic nitrogens is 1. The third-order valence-electron chi connectivity index (χ3n) is 3.96. The quantitative estimate of drug-likeness (QED) is 0.822. The number of hydrogen-bond donors (Lipinski definition) is 2. The number of hydrogen-bond acceptors (Lipinski definition) is 2. The SMILES string of the molecule is C/C=C1/NC(=O)[C@H](Cc2c[nH]c3ccccc23)N(C)C1=O. The van der Waals surface area contributed by atoms with Gasteiger partial charge in [-0.05, 0) is 18.6 Å². The molecule has 1 atom stereocenters. The number of nitrogens with zero attached hydrogens (tertiary/aromatic N) is 1. The van der Waals surface area contributed by atoms with Gasteiger partial charge in [0.25, 0.3) is 5.91 Å². The lowest BCUT2D eigenvalue weighted by atomic mass is 10.0. The van der Waals surface area contributed by atoms with Crippen LogP contribution in [0.2, 0.25) is 0 Å². The number of allylic oxidation sites excluding steroid dienone is 1. The van der Waals surface area contributed by atoms with Crippen LogP contribution in [0.1, 0.15) is 12.5 Å². The lowest BCUT2D eigenvalue weighted by molar-refractivity contribution is -0.140. The number of para-hydroxylation sites is 1. The zero-order chi connectivity index (χ0) is 15.0. The zero-order valence-corrected chi connectivity index (χ0v) is 12.0. The van der Waals surface area contributed by atoms with E-state index in [-0.39, 0.29) is 11.8 Å². The molecule has 0 spiro atoms. The maximum Gasteiger partial charge on any atom is 0.270 e. The second-order valence-electron chi connectivity index (χ2n) is 5.19. The van der Waals surface area contributed by atoms with Gasteiger partial charge in [-0.2, -0.15) is 0 Å². The van der Waals surface area contributed by atoms with E-state index in [0.29, 0.717) is 12.1 Å². The number of nitrogens with one attached hydrogen (secondary N) is 2. The highest BCUT2D eigenvalue weighted by molar-refractivity contribution is 6.04. The van der Waals surface area contributed by atoms with E-state index < -0.39 is 6.04 Å². The summed E-state index contributed by atoms with van der Waals surface area (Å²) < 4.78 is 0. The van der Waals surface area contributed by atoms with Crippen LogP contribution >= 0.6 is 0 Å². The fraction of sp³-hybridized carbons (Fsp3) is 0.250. The number of aromatic amines is 1. The Bertz CT molecular complexity index is 745. The third-order valence-corrected chi connectivity index (χ3v) is 3.96. The Morgan fingerprint density at radius 1 is 1.29 bits per heavy atom. The molecular formula is C16H17N3O2. The normalized spacial score (nSPS) is 21.1. The molecule has 0 unspecified atom stereocenters. The summed E-state index contributed by atoms with van der Waals surface area (Å²) >= 11 is 0. The van der Waals surface area contributed by atoms with E-state index in [2.05, 4.69) is 10.3 Å². The van der Waals surface area contributed by atoms with Crippen molar-refractivity contribution < 1.29 is 9.59 Å². The Labute approximate surface area is 122 Å². The van der Waals surface area contributed by atoms with Gasteiger partial charge in [-0.1, -0.05) is 24.3 Å². The van der Waals surface area contributed by atoms with Gasteiger partial charge >= 0.3 is 0 Å². The van der Waals surface area contributed by atoms with Gasteiger partial charge < -0.3 is 15.2 Å². The van der Waals surface area contributed by atoms with E-state index in [1.165, 1.54) is 4.90 Å². The van der Waals surface area contributed by atoms with Gasteiger partial charge in [0.05, 0.1) is 0 Å². The maximum absolute atomic E-state index is 12.2. The first-order chi connectivity index (χ1) is 10.1. The molecule has 0 saturated carbocycles. The van der Waals surface area contributed by atoms with Crippen molar-refractivity contribution in [3.8, 4) is 0 Å². The standard InChI is InChI=1S/C16H17N3O2/c1-3-12-16(21)19(2)14(15(20)18-12)8-10-9-17-13-7-5-4-6-11(10)13/h3-7,9,14,17H,8H2,1-2H3,(H,18,20)/b12-3+/t14-/m0/s1. The smallest absolute Gasteiger partial charge is 0.270 e. The molecule has 1 aliphatic rings. The van der Waals surface area contributed by atoms with Gasteiger partial charge in [0, 0.05) is 30.6 Å². The minimum atomic E-state index is -0.486. The van der Waals surface area contributed by atoms with Gasteiger partial charge in [-0.25, -0.2) is 0 Å². The van der Waals surface area contributed by atoms with Crippen LogP contribution in [-0.4, -0.2) is 34.8 Å². The van der Waals surface area contributed by atoms with Crippen LogP contribution < -0.4 is 5.32 Å². The van der Waals surface area contributed by atoms with Crippen molar-refractivity contribution in [1.82, 2.24) is 15.2 Å². The van der Waals surface area contributed by atoms with E-state index >= 15 is 0 Å². The molecule has 1 aliphatic heterocycles. The van der Waals surface area contributed by atoms with Crippen LogP contribution in [0, 0.1) is 0 Å². The van der Waals surface area contributed by atoms with Crippen LogP contribution in [0.25, 0.3) is 10.9 Å². The minimum absolute atomic E-state index is 0.143. The summed E-state index contributed by atoms with van der Waals surface area (Å²) in [5.74, 6) is -0.294. The first-order valence-electron chi connectivity index (χ1n) is 6.91. The Morgan fingerprint density at radius 3 is 2.81 bits per heavy atom. The van der Waals surface area contributed by atoms with Crippen molar-refractivity contribution in [2.45, 2.75) is 19.4 Å². The molecular weight excluding hydrogens is 266 g/mol. The number of piperazine rings is 1. The molecule has 1 aromatic carbocycles. The van der Waals surface area contributed by atoms with E-state index in [0.717, 1.165) is 16.5 Å². The number of rotatable bonds is 2. The van der Waals surface area contributed by atoms with Crippen molar-refractivity contribution in [2.24, 2.45) is 0 Å². The van der Waals surface area contributed by atoms with E-state index in [4.69, 9.17) is 0 Å². The molecule has 2 heterocycles. The maximum atomic E-state index is 12.2. The first-order valence-corrected chi connectivity index (χ1v) is 6.91. The van der Waals surface area contributed by atoms with Crippen LogP contribution in [0.15, 0.2) is 42.2 Å². The van der Waals surface area contributed by atoms with Gasteiger partial charge in [-0.3, -0.25) is 9.59 Å². The van der Waals surface area contributed by atoms with Crippen molar-refractivity contribution in [3.05, 3.63) is 47.8 Å². The van der Waals surface area contributed by atoms with Crippen molar-refractivity contribution in [1.29, 1.82) is 0 Å². The first kappa shape index (κ1) is 13.4. The Morgan fingerprint density at radius 2 is 2.05 bits per heavy atom. The van der Waals surface area contributed by atoms with Crippen LogP contribution in [0.4, 0.5) is 0 Å². The lowest BCUT2D eigenvalue weighted by Crippen LogP contribution is -2.56. The Kier molecular flexibility index (Phi) is 3.25. The minimum Gasteiger partial charge on any atom is -0.361 e. The predicted octanol–water partition coefficient (Wildman–Crippen LogP) is 1.57. The summed E-state index contributed by atoms with van der Waals surface area (Å²) in [5, 5.41) is 3.76. The molecule has 0 aliphatic carbocycles. The summed E-state index contributed by atoms with van der Waals surface area (Å²) in [6.07, 6.45) is 4.02. The fourth-order valence-electron chi connectivity index (χ4n) is 2.71. The van der Waals surface area contributed by atoms with E-state index in [1.807, 2.05) is 30.5 Å². The number of H-pyrrole nitrogens is 1. The van der Waals surface area contributed by atoms with E-state index in [9.17, 15) is 9.59 Å². The number of likely N-dealkylation sites (N-methyl/N-ethyl adjacent to an activating group) is 1. The Hall–Kier alpha value is -2.56. The molecule has 1 aromatic heterocycles. The summed E-state index contributed by atoms with van der Waals surface area (Å²) in [5.41, 5.74) is 2.42. The highest BCUT2D eigenvalue weighted by Gasteiger charge is 2.35. The van der Waals surface area contributed by atoms with Crippen LogP contribution in [-0.2, 0) is 16.0 Å². The number of benzene rings is 1. The molecule has 0 bridgehead atoms. The third kappa shape index (κ3) is 2.20. The average molecular weight is 283 g/mol. The zero-order valence-electron chi connectivity index (χ0n) is 12.0. The average Bonchev–Trinajstić information content (AvgIpc) is 2.90. The molecule has 0 radical (unpaired) electrons. The molecule has 2 N–H and O–H groups in total. The van der Waals surface area contributed by atoms with Gasteiger partial charge in [0.1, 0.15) is 11.7 Å². The Balaban J connectivity index is 1.91. The molecule has 2 aromatic rings. The molecule has 1 saturated heterocycles. The summed E-state index contributed by atoms with van der Waals surface area (Å²) in [6.45, 7) is 1.74. The number of carbonyl (C=O) groups excluding carboxylic acids is 2. The highest BCUT2D eigenvalue weighted by atomic mass is 16.2. The van der Waals surface area contributed by atoms with Crippen molar-refractivity contribution in [3.63, 3.8) is 0 Å². The van der Waals surface area contributed by atoms with E-state index in [1.54, 1.807) is 20.0 Å². The van der Waals surface area contributed by atoms with Crippen molar-refractivity contribution in [2.75, 3.05) is 7.05 Å². The molecule has 5 nitrogen and oxygen atoms in total. The lowest BCUT2D eigenvalue weighted by Gasteiger charge is -2.33. The molecule has 1 fully saturated rings. The summed E-state index contributed by atoms with van der Waals surface area (Å²) in [4.78, 5) is 29.1. The fourth-order valence-corrected chi connectivity index (χ4v) is 2.71. The van der Waals surface area contributed by atoms with Gasteiger partial charge in [0.2, 0.25) is 5.91 Å². The highest BCUT2D eigenvalue weighted by Crippen LogP contribution is 2.22. The van der Waals surface area contributed by atoms with Crippen LogP contribution in [0.5, 0.6) is 0 Å². The monoisotopic (exact) mass is 283 g/mol. The van der Waals surface area contributed by atoms with Crippen molar-refractivity contribution >= 4 is 22.7 Å².